The molecular weight excluding hydrogens is 330 g/mol. The maximum atomic E-state index is 12.1. The van der Waals surface area contributed by atoms with E-state index >= 15 is 0 Å². The number of nitrogens with one attached hydrogen (secondary N) is 2. The SMILES string of the molecule is COC(=O)[C@H](CC(C)C)NC(=O)Cc1csc(NC(=O)C(C)C)n1. The lowest BCUT2D eigenvalue weighted by Crippen LogP contribution is -2.43. The van der Waals surface area contributed by atoms with Gasteiger partial charge in [-0.1, -0.05) is 27.7 Å². The summed E-state index contributed by atoms with van der Waals surface area (Å²) in [7, 11) is 1.30. The summed E-state index contributed by atoms with van der Waals surface area (Å²) >= 11 is 1.26. The lowest BCUT2D eigenvalue weighted by molar-refractivity contribution is -0.145. The first-order chi connectivity index (χ1) is 11.2. The Kier molecular flexibility index (Phi) is 7.84. The average Bonchev–Trinajstić information content (AvgIpc) is 2.91. The molecule has 2 N–H and O–H groups in total. The number of aromatic nitrogens is 1. The second-order valence-electron chi connectivity index (χ2n) is 6.24. The van der Waals surface area contributed by atoms with E-state index in [1.165, 1.54) is 18.4 Å². The molecule has 1 heterocycles. The molecule has 0 aliphatic rings. The Hall–Kier alpha value is -1.96. The van der Waals surface area contributed by atoms with Crippen molar-refractivity contribution in [3.05, 3.63) is 11.1 Å². The van der Waals surface area contributed by atoms with Gasteiger partial charge >= 0.3 is 5.97 Å². The van der Waals surface area contributed by atoms with E-state index < -0.39 is 12.0 Å². The van der Waals surface area contributed by atoms with Crippen LogP contribution in [0.25, 0.3) is 0 Å². The van der Waals surface area contributed by atoms with Crippen molar-refractivity contribution in [3.8, 4) is 0 Å². The molecule has 1 atom stereocenters. The molecule has 1 aromatic heterocycles. The number of carbonyl (C=O) groups excluding carboxylic acids is 3. The Balaban J connectivity index is 2.62. The second kappa shape index (κ2) is 9.36. The van der Waals surface area contributed by atoms with Gasteiger partial charge in [-0.25, -0.2) is 9.78 Å². The average molecular weight is 355 g/mol. The summed E-state index contributed by atoms with van der Waals surface area (Å²) in [5, 5.41) is 7.55. The molecular formula is C16H25N3O4S. The predicted molar refractivity (Wildman–Crippen MR) is 92.7 cm³/mol. The third-order valence-corrected chi connectivity index (χ3v) is 3.98. The zero-order valence-corrected chi connectivity index (χ0v) is 15.5. The topological polar surface area (TPSA) is 97.4 Å². The molecule has 0 fully saturated rings. The summed E-state index contributed by atoms with van der Waals surface area (Å²) in [4.78, 5) is 39.7. The van der Waals surface area contributed by atoms with Gasteiger partial charge in [-0.3, -0.25) is 9.59 Å². The zero-order valence-electron chi connectivity index (χ0n) is 14.7. The van der Waals surface area contributed by atoms with Gasteiger partial charge in [-0.05, 0) is 12.3 Å². The number of esters is 1. The van der Waals surface area contributed by atoms with Crippen LogP contribution in [0.2, 0.25) is 0 Å². The third-order valence-electron chi connectivity index (χ3n) is 3.18. The number of hydrogen-bond donors (Lipinski definition) is 2. The van der Waals surface area contributed by atoms with Crippen molar-refractivity contribution in [2.45, 2.75) is 46.6 Å². The number of anilines is 1. The highest BCUT2D eigenvalue weighted by Gasteiger charge is 2.23. The van der Waals surface area contributed by atoms with Crippen molar-refractivity contribution in [1.82, 2.24) is 10.3 Å². The Morgan fingerprint density at radius 2 is 1.92 bits per heavy atom. The third kappa shape index (κ3) is 6.66. The number of hydrogen-bond acceptors (Lipinski definition) is 6. The summed E-state index contributed by atoms with van der Waals surface area (Å²) in [5.41, 5.74) is 0.546. The largest absolute Gasteiger partial charge is 0.467 e. The van der Waals surface area contributed by atoms with Gasteiger partial charge in [0, 0.05) is 11.3 Å². The Labute approximate surface area is 146 Å². The fourth-order valence-electron chi connectivity index (χ4n) is 1.93. The number of ether oxygens (including phenoxy) is 1. The molecule has 0 bridgehead atoms. The lowest BCUT2D eigenvalue weighted by atomic mass is 10.0. The molecule has 0 aliphatic carbocycles. The first kappa shape index (κ1) is 20.1. The monoisotopic (exact) mass is 355 g/mol. The highest BCUT2D eigenvalue weighted by molar-refractivity contribution is 7.13. The van der Waals surface area contributed by atoms with Gasteiger partial charge < -0.3 is 15.4 Å². The molecule has 0 unspecified atom stereocenters. The van der Waals surface area contributed by atoms with Crippen LogP contribution in [0.5, 0.6) is 0 Å². The molecule has 8 heteroatoms. The van der Waals surface area contributed by atoms with Gasteiger partial charge in [-0.2, -0.15) is 0 Å². The summed E-state index contributed by atoms with van der Waals surface area (Å²) in [5.74, 6) is -0.787. The van der Waals surface area contributed by atoms with E-state index in [0.29, 0.717) is 17.2 Å². The summed E-state index contributed by atoms with van der Waals surface area (Å²) in [6.45, 7) is 7.51. The number of methoxy groups -OCH3 is 1. The van der Waals surface area contributed by atoms with Crippen LogP contribution in [0.4, 0.5) is 5.13 Å². The van der Waals surface area contributed by atoms with Crippen molar-refractivity contribution in [1.29, 1.82) is 0 Å². The van der Waals surface area contributed by atoms with Crippen LogP contribution in [0.3, 0.4) is 0 Å². The number of nitrogens with zero attached hydrogens (tertiary/aromatic N) is 1. The van der Waals surface area contributed by atoms with Crippen LogP contribution in [0, 0.1) is 11.8 Å². The highest BCUT2D eigenvalue weighted by atomic mass is 32.1. The van der Waals surface area contributed by atoms with Crippen LogP contribution >= 0.6 is 11.3 Å². The molecule has 134 valence electrons. The fraction of sp³-hybridized carbons (Fsp3) is 0.625. The van der Waals surface area contributed by atoms with Gasteiger partial charge in [-0.15, -0.1) is 11.3 Å². The van der Waals surface area contributed by atoms with Gasteiger partial charge in [0.05, 0.1) is 19.2 Å². The standard InChI is InChI=1S/C16H25N3O4S/c1-9(2)6-12(15(22)23-5)18-13(20)7-11-8-24-16(17-11)19-14(21)10(3)4/h8-10,12H,6-7H2,1-5H3,(H,18,20)(H,17,19,21)/t12-/m0/s1. The van der Waals surface area contributed by atoms with Crippen LogP contribution in [0.1, 0.15) is 39.8 Å². The minimum Gasteiger partial charge on any atom is -0.467 e. The van der Waals surface area contributed by atoms with Gasteiger partial charge in [0.2, 0.25) is 11.8 Å². The van der Waals surface area contributed by atoms with Crippen LogP contribution < -0.4 is 10.6 Å². The molecule has 0 aliphatic heterocycles. The summed E-state index contributed by atoms with van der Waals surface area (Å²) in [6.07, 6.45) is 0.546. The van der Waals surface area contributed by atoms with E-state index in [9.17, 15) is 14.4 Å². The van der Waals surface area contributed by atoms with Crippen molar-refractivity contribution in [2.75, 3.05) is 12.4 Å². The van der Waals surface area contributed by atoms with Gasteiger partial charge in [0.25, 0.3) is 0 Å². The van der Waals surface area contributed by atoms with E-state index in [0.717, 1.165) is 0 Å². The fourth-order valence-corrected chi connectivity index (χ4v) is 2.65. The Morgan fingerprint density at radius 3 is 2.46 bits per heavy atom. The van der Waals surface area contributed by atoms with Crippen molar-refractivity contribution in [2.24, 2.45) is 11.8 Å². The van der Waals surface area contributed by atoms with Crippen molar-refractivity contribution < 1.29 is 19.1 Å². The van der Waals surface area contributed by atoms with Crippen molar-refractivity contribution in [3.63, 3.8) is 0 Å². The number of carbonyl (C=O) groups is 3. The molecule has 2 amide bonds. The first-order valence-corrected chi connectivity index (χ1v) is 8.73. The number of thiazole rings is 1. The van der Waals surface area contributed by atoms with Crippen LogP contribution in [0.15, 0.2) is 5.38 Å². The maximum absolute atomic E-state index is 12.1. The minimum absolute atomic E-state index is 0.0413. The number of amides is 2. The maximum Gasteiger partial charge on any atom is 0.328 e. The van der Waals surface area contributed by atoms with E-state index in [-0.39, 0.29) is 30.1 Å². The van der Waals surface area contributed by atoms with Crippen molar-refractivity contribution >= 4 is 34.3 Å². The highest BCUT2D eigenvalue weighted by Crippen LogP contribution is 2.17. The molecule has 0 saturated carbocycles. The smallest absolute Gasteiger partial charge is 0.328 e. The van der Waals surface area contributed by atoms with E-state index in [4.69, 9.17) is 4.74 Å². The normalized spacial score (nSPS) is 12.1. The number of rotatable bonds is 8. The van der Waals surface area contributed by atoms with Crippen LogP contribution in [-0.2, 0) is 25.5 Å². The summed E-state index contributed by atoms with van der Waals surface area (Å²) < 4.78 is 4.72. The Morgan fingerprint density at radius 1 is 1.25 bits per heavy atom. The van der Waals surface area contributed by atoms with E-state index in [2.05, 4.69) is 15.6 Å². The van der Waals surface area contributed by atoms with Gasteiger partial charge in [0.15, 0.2) is 5.13 Å². The first-order valence-electron chi connectivity index (χ1n) is 7.85. The van der Waals surface area contributed by atoms with E-state index in [1.54, 1.807) is 19.2 Å². The molecule has 0 saturated heterocycles. The quantitative estimate of drug-likeness (QED) is 0.695. The second-order valence-corrected chi connectivity index (χ2v) is 7.10. The van der Waals surface area contributed by atoms with Gasteiger partial charge in [0.1, 0.15) is 6.04 Å². The molecule has 7 nitrogen and oxygen atoms in total. The predicted octanol–water partition coefficient (Wildman–Crippen LogP) is 1.98. The minimum atomic E-state index is -0.666. The van der Waals surface area contributed by atoms with Crippen LogP contribution in [-0.4, -0.2) is 35.9 Å². The molecule has 24 heavy (non-hydrogen) atoms. The molecule has 0 spiro atoms. The summed E-state index contributed by atoms with van der Waals surface area (Å²) in [6, 6.07) is -0.666. The molecule has 0 aromatic carbocycles. The van der Waals surface area contributed by atoms with E-state index in [1.807, 2.05) is 13.8 Å². The Bertz CT molecular complexity index is 584. The zero-order chi connectivity index (χ0) is 18.3. The molecule has 1 rings (SSSR count). The molecule has 0 radical (unpaired) electrons. The lowest BCUT2D eigenvalue weighted by Gasteiger charge is -2.18. The molecule has 1 aromatic rings.